The molecule has 1 aliphatic heterocycles. The number of halogens is 3. The Morgan fingerprint density at radius 3 is 2.45 bits per heavy atom. The standard InChI is InChI=1S/C21H16ClF2NO4/c1-3-12-10-27-11(2)19(12)20(26)25-14-6-4-13(5-7-14)15-8-17-18(9-16(15)22)29-21(23,24)28-17/h4-10H,3H2,1-2H3,(H,25,26). The largest absolute Gasteiger partial charge is 0.586 e. The lowest BCUT2D eigenvalue weighted by Crippen LogP contribution is -2.25. The predicted octanol–water partition coefficient (Wildman–Crippen LogP) is 6.04. The van der Waals surface area contributed by atoms with Crippen LogP contribution in [0.2, 0.25) is 5.02 Å². The molecule has 0 radical (unpaired) electrons. The van der Waals surface area contributed by atoms with Crippen molar-refractivity contribution in [2.45, 2.75) is 26.6 Å². The van der Waals surface area contributed by atoms with Crippen molar-refractivity contribution in [3.8, 4) is 22.6 Å². The van der Waals surface area contributed by atoms with E-state index >= 15 is 0 Å². The van der Waals surface area contributed by atoms with E-state index in [4.69, 9.17) is 16.0 Å². The van der Waals surface area contributed by atoms with E-state index < -0.39 is 6.29 Å². The molecule has 0 spiro atoms. The van der Waals surface area contributed by atoms with Crippen LogP contribution in [0.25, 0.3) is 11.1 Å². The maximum atomic E-state index is 13.2. The topological polar surface area (TPSA) is 60.7 Å². The fourth-order valence-corrected chi connectivity index (χ4v) is 3.45. The first kappa shape index (κ1) is 19.3. The van der Waals surface area contributed by atoms with Crippen molar-refractivity contribution in [2.75, 3.05) is 5.32 Å². The third-order valence-electron chi connectivity index (χ3n) is 4.60. The SMILES string of the molecule is CCc1coc(C)c1C(=O)Nc1ccc(-c2cc3c(cc2Cl)OC(F)(F)O3)cc1. The Balaban J connectivity index is 1.56. The molecule has 3 aromatic rings. The van der Waals surface area contributed by atoms with Gasteiger partial charge >= 0.3 is 6.29 Å². The van der Waals surface area contributed by atoms with Crippen LogP contribution < -0.4 is 14.8 Å². The van der Waals surface area contributed by atoms with E-state index in [1.807, 2.05) is 6.92 Å². The van der Waals surface area contributed by atoms with Gasteiger partial charge in [0.1, 0.15) is 5.76 Å². The number of rotatable bonds is 4. The molecule has 0 fully saturated rings. The van der Waals surface area contributed by atoms with Gasteiger partial charge in [0.15, 0.2) is 11.5 Å². The number of aryl methyl sites for hydroxylation is 2. The van der Waals surface area contributed by atoms with Crippen LogP contribution in [0, 0.1) is 6.92 Å². The van der Waals surface area contributed by atoms with E-state index in [0.29, 0.717) is 34.6 Å². The molecule has 0 saturated heterocycles. The first-order chi connectivity index (χ1) is 13.8. The first-order valence-electron chi connectivity index (χ1n) is 8.85. The van der Waals surface area contributed by atoms with Gasteiger partial charge in [-0.05, 0) is 37.1 Å². The molecule has 0 unspecified atom stereocenters. The van der Waals surface area contributed by atoms with Crippen LogP contribution in [0.5, 0.6) is 11.5 Å². The second-order valence-corrected chi connectivity index (χ2v) is 6.93. The molecule has 5 nitrogen and oxygen atoms in total. The van der Waals surface area contributed by atoms with Crippen molar-refractivity contribution in [3.63, 3.8) is 0 Å². The molecule has 1 aliphatic rings. The van der Waals surface area contributed by atoms with Gasteiger partial charge in [-0.2, -0.15) is 0 Å². The molecule has 2 heterocycles. The van der Waals surface area contributed by atoms with Crippen LogP contribution in [0.1, 0.15) is 28.6 Å². The van der Waals surface area contributed by atoms with Crippen molar-refractivity contribution in [1.82, 2.24) is 0 Å². The highest BCUT2D eigenvalue weighted by atomic mass is 35.5. The van der Waals surface area contributed by atoms with E-state index in [-0.39, 0.29) is 22.4 Å². The van der Waals surface area contributed by atoms with Gasteiger partial charge in [-0.3, -0.25) is 4.79 Å². The second kappa shape index (κ2) is 7.08. The molecule has 2 aromatic carbocycles. The highest BCUT2D eigenvalue weighted by Crippen LogP contribution is 2.46. The lowest BCUT2D eigenvalue weighted by Gasteiger charge is -2.09. The zero-order valence-electron chi connectivity index (χ0n) is 15.5. The van der Waals surface area contributed by atoms with Crippen LogP contribution in [0.15, 0.2) is 47.1 Å². The normalized spacial score (nSPS) is 14.1. The minimum atomic E-state index is -3.71. The molecule has 150 valence electrons. The molecule has 0 saturated carbocycles. The number of anilines is 1. The summed E-state index contributed by atoms with van der Waals surface area (Å²) in [5, 5.41) is 3.07. The van der Waals surface area contributed by atoms with Crippen LogP contribution >= 0.6 is 11.6 Å². The van der Waals surface area contributed by atoms with Gasteiger partial charge in [-0.25, -0.2) is 0 Å². The number of fused-ring (bicyclic) bond motifs is 1. The summed E-state index contributed by atoms with van der Waals surface area (Å²) in [5.41, 5.74) is 3.11. The smallest absolute Gasteiger partial charge is 0.468 e. The van der Waals surface area contributed by atoms with Crippen LogP contribution in [-0.2, 0) is 6.42 Å². The van der Waals surface area contributed by atoms with Crippen molar-refractivity contribution in [3.05, 3.63) is 64.6 Å². The number of furan rings is 1. The average molecular weight is 420 g/mol. The average Bonchev–Trinajstić information content (AvgIpc) is 3.19. The lowest BCUT2D eigenvalue weighted by molar-refractivity contribution is -0.286. The summed E-state index contributed by atoms with van der Waals surface area (Å²) < 4.78 is 40.7. The van der Waals surface area contributed by atoms with E-state index in [9.17, 15) is 13.6 Å². The zero-order chi connectivity index (χ0) is 20.8. The van der Waals surface area contributed by atoms with Gasteiger partial charge < -0.3 is 19.2 Å². The summed E-state index contributed by atoms with van der Waals surface area (Å²) in [6.45, 7) is 3.68. The number of carbonyl (C=O) groups excluding carboxylic acids is 1. The van der Waals surface area contributed by atoms with Gasteiger partial charge in [-0.1, -0.05) is 30.7 Å². The van der Waals surface area contributed by atoms with Crippen molar-refractivity contribution >= 4 is 23.2 Å². The highest BCUT2D eigenvalue weighted by Gasteiger charge is 2.43. The highest BCUT2D eigenvalue weighted by molar-refractivity contribution is 6.33. The second-order valence-electron chi connectivity index (χ2n) is 6.52. The van der Waals surface area contributed by atoms with E-state index in [0.717, 1.165) is 5.56 Å². The van der Waals surface area contributed by atoms with E-state index in [1.165, 1.54) is 12.1 Å². The summed E-state index contributed by atoms with van der Waals surface area (Å²) >= 11 is 6.22. The number of alkyl halides is 2. The maximum Gasteiger partial charge on any atom is 0.586 e. The van der Waals surface area contributed by atoms with Crippen molar-refractivity contribution in [2.24, 2.45) is 0 Å². The minimum Gasteiger partial charge on any atom is -0.468 e. The van der Waals surface area contributed by atoms with Crippen LogP contribution in [-0.4, -0.2) is 12.2 Å². The fourth-order valence-electron chi connectivity index (χ4n) is 3.19. The van der Waals surface area contributed by atoms with Gasteiger partial charge in [-0.15, -0.1) is 8.78 Å². The third kappa shape index (κ3) is 3.65. The number of hydrogen-bond acceptors (Lipinski definition) is 4. The van der Waals surface area contributed by atoms with E-state index in [2.05, 4.69) is 14.8 Å². The third-order valence-corrected chi connectivity index (χ3v) is 4.92. The Morgan fingerprint density at radius 2 is 1.79 bits per heavy atom. The molecule has 0 bridgehead atoms. The molecule has 29 heavy (non-hydrogen) atoms. The summed E-state index contributed by atoms with van der Waals surface area (Å²) in [6.07, 6.45) is -1.44. The number of nitrogens with one attached hydrogen (secondary N) is 1. The number of benzene rings is 2. The van der Waals surface area contributed by atoms with Crippen LogP contribution in [0.3, 0.4) is 0 Å². The molecule has 1 N–H and O–H groups in total. The lowest BCUT2D eigenvalue weighted by atomic mass is 10.0. The fraction of sp³-hybridized carbons (Fsp3) is 0.190. The molecular weight excluding hydrogens is 404 g/mol. The van der Waals surface area contributed by atoms with Crippen molar-refractivity contribution < 1.29 is 27.5 Å². The monoisotopic (exact) mass is 419 g/mol. The number of amides is 1. The molecule has 1 amide bonds. The Hall–Kier alpha value is -3.06. The first-order valence-corrected chi connectivity index (χ1v) is 9.23. The summed E-state index contributed by atoms with van der Waals surface area (Å²) in [5.74, 6) is 0.0910. The van der Waals surface area contributed by atoms with Crippen LogP contribution in [0.4, 0.5) is 14.5 Å². The van der Waals surface area contributed by atoms with Crippen molar-refractivity contribution in [1.29, 1.82) is 0 Å². The predicted molar refractivity (Wildman–Crippen MR) is 104 cm³/mol. The summed E-state index contributed by atoms with van der Waals surface area (Å²) in [4.78, 5) is 12.6. The van der Waals surface area contributed by atoms with E-state index in [1.54, 1.807) is 37.5 Å². The summed E-state index contributed by atoms with van der Waals surface area (Å²) in [7, 11) is 0. The van der Waals surface area contributed by atoms with Gasteiger partial charge in [0.25, 0.3) is 5.91 Å². The molecule has 4 rings (SSSR count). The Labute approximate surface area is 170 Å². The molecule has 8 heteroatoms. The Bertz CT molecular complexity index is 1090. The number of hydrogen-bond donors (Lipinski definition) is 1. The molecule has 0 aliphatic carbocycles. The minimum absolute atomic E-state index is 0.0886. The maximum absolute atomic E-state index is 13.2. The Kier molecular flexibility index (Phi) is 4.70. The number of carbonyl (C=O) groups is 1. The van der Waals surface area contributed by atoms with Gasteiger partial charge in [0, 0.05) is 22.9 Å². The molecular formula is C21H16ClF2NO4. The van der Waals surface area contributed by atoms with Gasteiger partial charge in [0.05, 0.1) is 16.8 Å². The Morgan fingerprint density at radius 1 is 1.14 bits per heavy atom. The van der Waals surface area contributed by atoms with Gasteiger partial charge in [0.2, 0.25) is 0 Å². The zero-order valence-corrected chi connectivity index (χ0v) is 16.3. The number of ether oxygens (including phenoxy) is 2. The molecule has 0 atom stereocenters. The summed E-state index contributed by atoms with van der Waals surface area (Å²) in [6, 6.07) is 9.53. The quantitative estimate of drug-likeness (QED) is 0.559. The molecule has 1 aromatic heterocycles.